The van der Waals surface area contributed by atoms with Gasteiger partial charge in [-0.2, -0.15) is 0 Å². The van der Waals surface area contributed by atoms with E-state index in [9.17, 15) is 9.90 Å². The molecule has 0 bridgehead atoms. The van der Waals surface area contributed by atoms with Gasteiger partial charge in [-0.15, -0.1) is 0 Å². The second-order valence-electron chi connectivity index (χ2n) is 4.55. The molecule has 0 aromatic heterocycles. The monoisotopic (exact) mass is 259 g/mol. The fourth-order valence-electron chi connectivity index (χ4n) is 2.06. The fourth-order valence-corrected chi connectivity index (χ4v) is 2.06. The lowest BCUT2D eigenvalue weighted by molar-refractivity contribution is 0.0765. The summed E-state index contributed by atoms with van der Waals surface area (Å²) in [6.07, 6.45) is 0.662. The molecule has 1 aromatic carbocycles. The minimum Gasteiger partial charge on any atom is -0.395 e. The highest BCUT2D eigenvalue weighted by Crippen LogP contribution is 2.14. The Labute approximate surface area is 112 Å². The Morgan fingerprint density at radius 2 is 2.32 bits per heavy atom. The van der Waals surface area contributed by atoms with Crippen LogP contribution in [0, 0.1) is 11.8 Å². The van der Waals surface area contributed by atoms with Gasteiger partial charge in [0.2, 0.25) is 0 Å². The molecule has 0 spiro atoms. The van der Waals surface area contributed by atoms with Gasteiger partial charge >= 0.3 is 0 Å². The van der Waals surface area contributed by atoms with E-state index in [0.29, 0.717) is 31.5 Å². The normalized spacial score (nSPS) is 18.0. The molecule has 100 valence electrons. The number of rotatable bonds is 2. The molecule has 0 radical (unpaired) electrons. The molecule has 0 saturated carbocycles. The molecular formula is C15H17NO3. The van der Waals surface area contributed by atoms with Gasteiger partial charge in [0.15, 0.2) is 0 Å². The van der Waals surface area contributed by atoms with E-state index >= 15 is 0 Å². The van der Waals surface area contributed by atoms with Crippen molar-refractivity contribution in [3.8, 4) is 11.8 Å². The number of benzene rings is 1. The van der Waals surface area contributed by atoms with E-state index in [2.05, 4.69) is 11.8 Å². The lowest BCUT2D eigenvalue weighted by Crippen LogP contribution is -2.29. The first kappa shape index (κ1) is 13.6. The Bertz CT molecular complexity index is 516. The van der Waals surface area contributed by atoms with Crippen LogP contribution in [-0.2, 0) is 0 Å². The van der Waals surface area contributed by atoms with Gasteiger partial charge in [0.05, 0.1) is 12.7 Å². The number of hydrogen-bond donors (Lipinski definition) is 2. The number of β-amino-alcohol motifs (C(OH)–C–C–N with tert-alkyl or cyclic N) is 1. The Morgan fingerprint density at radius 1 is 1.47 bits per heavy atom. The Morgan fingerprint density at radius 3 is 3.00 bits per heavy atom. The molecule has 0 aliphatic carbocycles. The van der Waals surface area contributed by atoms with Crippen molar-refractivity contribution in [2.75, 3.05) is 19.7 Å². The van der Waals surface area contributed by atoms with Crippen molar-refractivity contribution in [1.29, 1.82) is 0 Å². The molecule has 1 fully saturated rings. The van der Waals surface area contributed by atoms with Gasteiger partial charge in [-0.25, -0.2) is 0 Å². The quantitative estimate of drug-likeness (QED) is 0.766. The molecule has 1 unspecified atom stereocenters. The molecular weight excluding hydrogens is 242 g/mol. The van der Waals surface area contributed by atoms with Crippen molar-refractivity contribution in [3.63, 3.8) is 0 Å². The third kappa shape index (κ3) is 3.57. The number of hydrogen-bond acceptors (Lipinski definition) is 3. The largest absolute Gasteiger partial charge is 0.395 e. The maximum atomic E-state index is 12.2. The number of aliphatic hydroxyl groups is 2. The summed E-state index contributed by atoms with van der Waals surface area (Å²) in [5, 5.41) is 18.1. The SMILES string of the molecule is O=C(c1cccc(C#CCCO)c1)N1CCC(O)C1. The van der Waals surface area contributed by atoms with E-state index in [0.717, 1.165) is 5.56 Å². The number of likely N-dealkylation sites (tertiary alicyclic amines) is 1. The lowest BCUT2D eigenvalue weighted by atomic mass is 10.1. The van der Waals surface area contributed by atoms with Crippen molar-refractivity contribution in [3.05, 3.63) is 35.4 Å². The Balaban J connectivity index is 2.10. The first-order chi connectivity index (χ1) is 9.20. The van der Waals surface area contributed by atoms with Crippen molar-refractivity contribution >= 4 is 5.91 Å². The average molecular weight is 259 g/mol. The van der Waals surface area contributed by atoms with E-state index in [4.69, 9.17) is 5.11 Å². The Hall–Kier alpha value is -1.83. The summed E-state index contributed by atoms with van der Waals surface area (Å²) in [5.74, 6) is 5.67. The molecule has 1 atom stereocenters. The summed E-state index contributed by atoms with van der Waals surface area (Å²) in [6, 6.07) is 7.13. The van der Waals surface area contributed by atoms with Gasteiger partial charge in [-0.1, -0.05) is 17.9 Å². The molecule has 4 nitrogen and oxygen atoms in total. The van der Waals surface area contributed by atoms with E-state index in [-0.39, 0.29) is 12.5 Å². The molecule has 1 heterocycles. The second kappa shape index (κ2) is 6.37. The fraction of sp³-hybridized carbons (Fsp3) is 0.400. The zero-order valence-corrected chi connectivity index (χ0v) is 10.7. The average Bonchev–Trinajstić information content (AvgIpc) is 2.85. The summed E-state index contributed by atoms with van der Waals surface area (Å²) < 4.78 is 0. The van der Waals surface area contributed by atoms with Gasteiger partial charge in [0, 0.05) is 30.6 Å². The van der Waals surface area contributed by atoms with Crippen LogP contribution in [0.3, 0.4) is 0 Å². The van der Waals surface area contributed by atoms with Crippen LogP contribution in [0.2, 0.25) is 0 Å². The van der Waals surface area contributed by atoms with E-state index in [1.807, 2.05) is 6.07 Å². The lowest BCUT2D eigenvalue weighted by Gasteiger charge is -2.15. The summed E-state index contributed by atoms with van der Waals surface area (Å²) in [5.41, 5.74) is 1.35. The molecule has 1 aliphatic rings. The number of nitrogens with zero attached hydrogens (tertiary/aromatic N) is 1. The van der Waals surface area contributed by atoms with Crippen LogP contribution in [-0.4, -0.2) is 46.8 Å². The highest BCUT2D eigenvalue weighted by molar-refractivity contribution is 5.94. The van der Waals surface area contributed by atoms with Crippen molar-refractivity contribution in [2.45, 2.75) is 18.9 Å². The van der Waals surface area contributed by atoms with Crippen LogP contribution in [0.5, 0.6) is 0 Å². The highest BCUT2D eigenvalue weighted by atomic mass is 16.3. The van der Waals surface area contributed by atoms with Gasteiger partial charge in [-0.3, -0.25) is 4.79 Å². The number of carbonyl (C=O) groups is 1. The zero-order valence-electron chi connectivity index (χ0n) is 10.7. The second-order valence-corrected chi connectivity index (χ2v) is 4.55. The minimum atomic E-state index is -0.406. The van der Waals surface area contributed by atoms with Crippen molar-refractivity contribution in [1.82, 2.24) is 4.90 Å². The van der Waals surface area contributed by atoms with Crippen LogP contribution < -0.4 is 0 Å². The highest BCUT2D eigenvalue weighted by Gasteiger charge is 2.25. The summed E-state index contributed by atoms with van der Waals surface area (Å²) >= 11 is 0. The molecule has 4 heteroatoms. The van der Waals surface area contributed by atoms with E-state index in [1.54, 1.807) is 23.1 Å². The predicted molar refractivity (Wildman–Crippen MR) is 71.6 cm³/mol. The van der Waals surface area contributed by atoms with Crippen LogP contribution in [0.15, 0.2) is 24.3 Å². The van der Waals surface area contributed by atoms with Crippen LogP contribution in [0.4, 0.5) is 0 Å². The maximum Gasteiger partial charge on any atom is 0.253 e. The predicted octanol–water partition coefficient (Wildman–Crippen LogP) is 0.627. The number of carbonyl (C=O) groups excluding carboxylic acids is 1. The third-order valence-corrected chi connectivity index (χ3v) is 3.03. The number of amides is 1. The van der Waals surface area contributed by atoms with E-state index < -0.39 is 6.10 Å². The summed E-state index contributed by atoms with van der Waals surface area (Å²) in [4.78, 5) is 13.9. The topological polar surface area (TPSA) is 60.8 Å². The maximum absolute atomic E-state index is 12.2. The van der Waals surface area contributed by atoms with Crippen LogP contribution >= 0.6 is 0 Å². The van der Waals surface area contributed by atoms with Crippen LogP contribution in [0.25, 0.3) is 0 Å². The third-order valence-electron chi connectivity index (χ3n) is 3.03. The van der Waals surface area contributed by atoms with Crippen LogP contribution in [0.1, 0.15) is 28.8 Å². The van der Waals surface area contributed by atoms with Crippen molar-refractivity contribution in [2.24, 2.45) is 0 Å². The van der Waals surface area contributed by atoms with Crippen molar-refractivity contribution < 1.29 is 15.0 Å². The van der Waals surface area contributed by atoms with Gasteiger partial charge in [0.1, 0.15) is 0 Å². The molecule has 1 amide bonds. The van der Waals surface area contributed by atoms with Gasteiger partial charge in [0.25, 0.3) is 5.91 Å². The summed E-state index contributed by atoms with van der Waals surface area (Å²) in [7, 11) is 0. The molecule has 2 rings (SSSR count). The number of aliphatic hydroxyl groups excluding tert-OH is 2. The van der Waals surface area contributed by atoms with Gasteiger partial charge < -0.3 is 15.1 Å². The first-order valence-corrected chi connectivity index (χ1v) is 6.38. The molecule has 1 aromatic rings. The molecule has 1 saturated heterocycles. The standard InChI is InChI=1S/C15H17NO3/c17-9-2-1-4-12-5-3-6-13(10-12)15(19)16-8-7-14(18)11-16/h3,5-6,10,14,17-18H,2,7-9,11H2. The van der Waals surface area contributed by atoms with E-state index in [1.165, 1.54) is 0 Å². The zero-order chi connectivity index (χ0) is 13.7. The first-order valence-electron chi connectivity index (χ1n) is 6.38. The molecule has 2 N–H and O–H groups in total. The Kier molecular flexibility index (Phi) is 4.56. The van der Waals surface area contributed by atoms with Gasteiger partial charge in [-0.05, 0) is 24.6 Å². The minimum absolute atomic E-state index is 0.0390. The molecule has 1 aliphatic heterocycles. The summed E-state index contributed by atoms with van der Waals surface area (Å²) in [6.45, 7) is 1.04. The molecule has 19 heavy (non-hydrogen) atoms. The smallest absolute Gasteiger partial charge is 0.253 e.